The van der Waals surface area contributed by atoms with Crippen LogP contribution in [-0.2, 0) is 4.79 Å². The van der Waals surface area contributed by atoms with Crippen LogP contribution in [0.1, 0.15) is 19.3 Å². The van der Waals surface area contributed by atoms with E-state index in [9.17, 15) is 4.79 Å². The molecule has 0 aromatic rings. The molecule has 0 aromatic heterocycles. The van der Waals surface area contributed by atoms with Gasteiger partial charge in [-0.25, -0.2) is 5.48 Å². The van der Waals surface area contributed by atoms with Gasteiger partial charge in [0.2, 0.25) is 5.91 Å². The summed E-state index contributed by atoms with van der Waals surface area (Å²) in [5, 5.41) is 25.2. The summed E-state index contributed by atoms with van der Waals surface area (Å²) in [7, 11) is 0. The first kappa shape index (κ1) is 10.3. The number of hydrogen-bond acceptors (Lipinski definition) is 4. The Kier molecular flexibility index (Phi) is 5.73. The molecule has 4 N–H and O–H groups in total. The van der Waals surface area contributed by atoms with Crippen molar-refractivity contribution in [1.29, 1.82) is 0 Å². The van der Waals surface area contributed by atoms with Crippen molar-refractivity contribution in [2.75, 3.05) is 6.61 Å². The van der Waals surface area contributed by atoms with Crippen LogP contribution in [0.25, 0.3) is 0 Å². The van der Waals surface area contributed by atoms with Gasteiger partial charge in [0.25, 0.3) is 0 Å². The first-order valence-corrected chi connectivity index (χ1v) is 3.42. The van der Waals surface area contributed by atoms with Gasteiger partial charge in [0.1, 0.15) is 0 Å². The Morgan fingerprint density at radius 1 is 1.55 bits per heavy atom. The van der Waals surface area contributed by atoms with Gasteiger partial charge in [0, 0.05) is 6.42 Å². The molecule has 11 heavy (non-hydrogen) atoms. The maximum atomic E-state index is 10.4. The van der Waals surface area contributed by atoms with E-state index >= 15 is 0 Å². The Labute approximate surface area is 64.6 Å². The average molecular weight is 163 g/mol. The van der Waals surface area contributed by atoms with Crippen LogP contribution in [0.5, 0.6) is 0 Å². The fourth-order valence-corrected chi connectivity index (χ4v) is 0.645. The Morgan fingerprint density at radius 2 is 2.18 bits per heavy atom. The SMILES string of the molecule is O=C(CCCC(O)CO)NO. The van der Waals surface area contributed by atoms with Gasteiger partial charge in [-0.1, -0.05) is 0 Å². The normalized spacial score (nSPS) is 12.6. The predicted octanol–water partition coefficient (Wildman–Crippen LogP) is -0.985. The molecule has 0 heterocycles. The minimum Gasteiger partial charge on any atom is -0.394 e. The van der Waals surface area contributed by atoms with E-state index in [1.165, 1.54) is 5.48 Å². The zero-order valence-corrected chi connectivity index (χ0v) is 6.16. The van der Waals surface area contributed by atoms with Crippen LogP contribution in [0, 0.1) is 0 Å². The van der Waals surface area contributed by atoms with E-state index in [0.29, 0.717) is 12.8 Å². The summed E-state index contributed by atoms with van der Waals surface area (Å²) >= 11 is 0. The van der Waals surface area contributed by atoms with Crippen molar-refractivity contribution in [2.45, 2.75) is 25.4 Å². The van der Waals surface area contributed by atoms with Crippen LogP contribution >= 0.6 is 0 Å². The minimum atomic E-state index is -0.763. The first-order chi connectivity index (χ1) is 5.20. The standard InChI is InChI=1S/C6H13NO4/c8-4-5(9)2-1-3-6(10)7-11/h5,8-9,11H,1-4H2,(H,7,10). The molecular weight excluding hydrogens is 150 g/mol. The molecule has 0 bridgehead atoms. The number of amides is 1. The van der Waals surface area contributed by atoms with Gasteiger partial charge in [-0.3, -0.25) is 10.0 Å². The van der Waals surface area contributed by atoms with Crippen LogP contribution in [0.3, 0.4) is 0 Å². The van der Waals surface area contributed by atoms with E-state index in [1.54, 1.807) is 0 Å². The molecule has 0 spiro atoms. The molecule has 1 amide bonds. The molecular formula is C6H13NO4. The number of carbonyl (C=O) groups is 1. The molecule has 0 aliphatic rings. The van der Waals surface area contributed by atoms with Gasteiger partial charge in [-0.2, -0.15) is 0 Å². The Morgan fingerprint density at radius 3 is 2.64 bits per heavy atom. The molecule has 0 rings (SSSR count). The van der Waals surface area contributed by atoms with Crippen molar-refractivity contribution in [2.24, 2.45) is 0 Å². The monoisotopic (exact) mass is 163 g/mol. The second-order valence-corrected chi connectivity index (χ2v) is 2.26. The van der Waals surface area contributed by atoms with E-state index < -0.39 is 12.0 Å². The lowest BCUT2D eigenvalue weighted by Gasteiger charge is -2.04. The molecule has 0 saturated carbocycles. The summed E-state index contributed by atoms with van der Waals surface area (Å²) in [6, 6.07) is 0. The van der Waals surface area contributed by atoms with E-state index in [2.05, 4.69) is 0 Å². The van der Waals surface area contributed by atoms with Gasteiger partial charge < -0.3 is 10.2 Å². The van der Waals surface area contributed by atoms with Crippen molar-refractivity contribution in [1.82, 2.24) is 5.48 Å². The third kappa shape index (κ3) is 5.78. The average Bonchev–Trinajstić information content (AvgIpc) is 2.04. The Balaban J connectivity index is 3.20. The zero-order valence-electron chi connectivity index (χ0n) is 6.16. The molecule has 66 valence electrons. The smallest absolute Gasteiger partial charge is 0.243 e. The van der Waals surface area contributed by atoms with Gasteiger partial charge in [-0.05, 0) is 12.8 Å². The molecule has 1 unspecified atom stereocenters. The zero-order chi connectivity index (χ0) is 8.69. The Hall–Kier alpha value is -0.650. The number of aliphatic hydroxyl groups excluding tert-OH is 2. The molecule has 0 aliphatic heterocycles. The molecule has 0 aliphatic carbocycles. The van der Waals surface area contributed by atoms with E-state index in [1.807, 2.05) is 0 Å². The van der Waals surface area contributed by atoms with Gasteiger partial charge in [0.15, 0.2) is 0 Å². The van der Waals surface area contributed by atoms with Gasteiger partial charge >= 0.3 is 0 Å². The van der Waals surface area contributed by atoms with Gasteiger partial charge in [0.05, 0.1) is 12.7 Å². The third-order valence-corrected chi connectivity index (χ3v) is 1.28. The van der Waals surface area contributed by atoms with E-state index in [4.69, 9.17) is 15.4 Å². The maximum absolute atomic E-state index is 10.4. The quantitative estimate of drug-likeness (QED) is 0.309. The topological polar surface area (TPSA) is 89.8 Å². The molecule has 0 fully saturated rings. The molecule has 5 nitrogen and oxygen atoms in total. The highest BCUT2D eigenvalue weighted by atomic mass is 16.5. The number of nitrogens with one attached hydrogen (secondary N) is 1. The largest absolute Gasteiger partial charge is 0.394 e. The predicted molar refractivity (Wildman–Crippen MR) is 36.9 cm³/mol. The Bertz CT molecular complexity index is 117. The fraction of sp³-hybridized carbons (Fsp3) is 0.833. The summed E-state index contributed by atoms with van der Waals surface area (Å²) in [6.07, 6.45) is 0.215. The summed E-state index contributed by atoms with van der Waals surface area (Å²) in [6.45, 7) is -0.291. The van der Waals surface area contributed by atoms with Crippen molar-refractivity contribution in [3.05, 3.63) is 0 Å². The minimum absolute atomic E-state index is 0.160. The number of carbonyl (C=O) groups excluding carboxylic acids is 1. The van der Waals surface area contributed by atoms with Crippen LogP contribution in [0.15, 0.2) is 0 Å². The highest BCUT2D eigenvalue weighted by molar-refractivity contribution is 5.74. The van der Waals surface area contributed by atoms with Crippen molar-refractivity contribution < 1.29 is 20.2 Å². The highest BCUT2D eigenvalue weighted by Gasteiger charge is 2.03. The second-order valence-electron chi connectivity index (χ2n) is 2.26. The van der Waals surface area contributed by atoms with Gasteiger partial charge in [-0.15, -0.1) is 0 Å². The fourth-order valence-electron chi connectivity index (χ4n) is 0.645. The van der Waals surface area contributed by atoms with Crippen LogP contribution in [-0.4, -0.2) is 34.0 Å². The number of hydroxylamine groups is 1. The van der Waals surface area contributed by atoms with Crippen molar-refractivity contribution in [3.8, 4) is 0 Å². The molecule has 5 heteroatoms. The first-order valence-electron chi connectivity index (χ1n) is 3.42. The van der Waals surface area contributed by atoms with Crippen LogP contribution in [0.4, 0.5) is 0 Å². The number of aliphatic hydroxyl groups is 2. The lowest BCUT2D eigenvalue weighted by atomic mass is 10.1. The number of rotatable bonds is 5. The van der Waals surface area contributed by atoms with Crippen molar-refractivity contribution >= 4 is 5.91 Å². The van der Waals surface area contributed by atoms with E-state index in [-0.39, 0.29) is 13.0 Å². The van der Waals surface area contributed by atoms with Crippen LogP contribution < -0.4 is 5.48 Å². The van der Waals surface area contributed by atoms with Crippen molar-refractivity contribution in [3.63, 3.8) is 0 Å². The summed E-state index contributed by atoms with van der Waals surface area (Å²) in [4.78, 5) is 10.4. The lowest BCUT2D eigenvalue weighted by molar-refractivity contribution is -0.129. The lowest BCUT2D eigenvalue weighted by Crippen LogP contribution is -2.19. The molecule has 0 saturated heterocycles. The van der Waals surface area contributed by atoms with Crippen LogP contribution in [0.2, 0.25) is 0 Å². The molecule has 1 atom stereocenters. The highest BCUT2D eigenvalue weighted by Crippen LogP contribution is 1.99. The molecule has 0 radical (unpaired) electrons. The third-order valence-electron chi connectivity index (χ3n) is 1.28. The molecule has 0 aromatic carbocycles. The van der Waals surface area contributed by atoms with E-state index in [0.717, 1.165) is 0 Å². The second kappa shape index (κ2) is 6.09. The summed E-state index contributed by atoms with van der Waals surface area (Å²) in [5.74, 6) is -0.477. The summed E-state index contributed by atoms with van der Waals surface area (Å²) in [5.41, 5.74) is 1.47. The number of hydrogen-bond donors (Lipinski definition) is 4. The maximum Gasteiger partial charge on any atom is 0.243 e. The summed E-state index contributed by atoms with van der Waals surface area (Å²) < 4.78 is 0.